The topological polar surface area (TPSA) is 55.1 Å². The summed E-state index contributed by atoms with van der Waals surface area (Å²) in [4.78, 5) is 11.9. The zero-order valence-corrected chi connectivity index (χ0v) is 13.1. The van der Waals surface area contributed by atoms with Gasteiger partial charge in [-0.05, 0) is 37.0 Å². The van der Waals surface area contributed by atoms with Crippen LogP contribution in [0.5, 0.6) is 0 Å². The molecule has 1 aromatic rings. The van der Waals surface area contributed by atoms with Crippen LogP contribution >= 0.6 is 23.4 Å². The lowest BCUT2D eigenvalue weighted by Gasteiger charge is -2.10. The number of nitrogens with one attached hydrogen (secondary N) is 1. The molecule has 1 saturated carbocycles. The lowest BCUT2D eigenvalue weighted by Crippen LogP contribution is -2.32. The Labute approximate surface area is 129 Å². The summed E-state index contributed by atoms with van der Waals surface area (Å²) >= 11 is 7.74. The summed E-state index contributed by atoms with van der Waals surface area (Å²) < 4.78 is 0. The van der Waals surface area contributed by atoms with Gasteiger partial charge in [0.2, 0.25) is 5.91 Å². The van der Waals surface area contributed by atoms with Gasteiger partial charge < -0.3 is 11.1 Å². The van der Waals surface area contributed by atoms with Crippen LogP contribution in [0, 0.1) is 5.92 Å². The predicted octanol–water partition coefficient (Wildman–Crippen LogP) is 2.82. The van der Waals surface area contributed by atoms with Gasteiger partial charge in [-0.25, -0.2) is 0 Å². The second kappa shape index (κ2) is 7.91. The third-order valence-corrected chi connectivity index (χ3v) is 4.81. The van der Waals surface area contributed by atoms with Crippen molar-refractivity contribution < 1.29 is 4.79 Å². The zero-order chi connectivity index (χ0) is 14.4. The lowest BCUT2D eigenvalue weighted by molar-refractivity contribution is -0.124. The van der Waals surface area contributed by atoms with Crippen LogP contribution in [0.1, 0.15) is 24.8 Å². The summed E-state index contributed by atoms with van der Waals surface area (Å²) in [5.74, 6) is 2.13. The highest BCUT2D eigenvalue weighted by Crippen LogP contribution is 2.24. The van der Waals surface area contributed by atoms with Crippen molar-refractivity contribution in [3.63, 3.8) is 0 Å². The maximum atomic E-state index is 11.9. The Kier molecular flexibility index (Phi) is 6.20. The van der Waals surface area contributed by atoms with Crippen molar-refractivity contribution in [2.24, 2.45) is 11.7 Å². The van der Waals surface area contributed by atoms with Crippen molar-refractivity contribution in [3.05, 3.63) is 34.9 Å². The molecule has 3 N–H and O–H groups in total. The molecular formula is C15H21ClN2OS. The number of amides is 1. The normalized spacial score (nSPS) is 21.9. The van der Waals surface area contributed by atoms with E-state index in [-0.39, 0.29) is 17.9 Å². The Morgan fingerprint density at radius 2 is 2.30 bits per heavy atom. The molecule has 20 heavy (non-hydrogen) atoms. The van der Waals surface area contributed by atoms with E-state index in [2.05, 4.69) is 11.4 Å². The molecule has 110 valence electrons. The highest BCUT2D eigenvalue weighted by molar-refractivity contribution is 7.98. The maximum Gasteiger partial charge on any atom is 0.223 e. The van der Waals surface area contributed by atoms with Crippen LogP contribution in [0.15, 0.2) is 24.3 Å². The molecule has 0 aromatic heterocycles. The minimum Gasteiger partial charge on any atom is -0.355 e. The first-order valence-electron chi connectivity index (χ1n) is 7.00. The van der Waals surface area contributed by atoms with Crippen LogP contribution < -0.4 is 11.1 Å². The van der Waals surface area contributed by atoms with Crippen LogP contribution in [0.25, 0.3) is 0 Å². The zero-order valence-electron chi connectivity index (χ0n) is 11.5. The SMILES string of the molecule is N[C@H]1CC[C@@H](C(=O)NCCSCc2cccc(Cl)c2)C1. The predicted molar refractivity (Wildman–Crippen MR) is 85.9 cm³/mol. The smallest absolute Gasteiger partial charge is 0.223 e. The van der Waals surface area contributed by atoms with Gasteiger partial charge in [0.25, 0.3) is 0 Å². The molecule has 1 aliphatic carbocycles. The monoisotopic (exact) mass is 312 g/mol. The van der Waals surface area contributed by atoms with Gasteiger partial charge in [0.05, 0.1) is 0 Å². The van der Waals surface area contributed by atoms with E-state index in [0.717, 1.165) is 42.3 Å². The van der Waals surface area contributed by atoms with Gasteiger partial charge >= 0.3 is 0 Å². The maximum absolute atomic E-state index is 11.9. The first kappa shape index (κ1) is 15.7. The van der Waals surface area contributed by atoms with Gasteiger partial charge in [0, 0.05) is 35.0 Å². The Morgan fingerprint density at radius 1 is 1.45 bits per heavy atom. The van der Waals surface area contributed by atoms with Gasteiger partial charge in [-0.1, -0.05) is 23.7 Å². The van der Waals surface area contributed by atoms with Gasteiger partial charge in [-0.15, -0.1) is 0 Å². The Bertz CT molecular complexity index is 455. The van der Waals surface area contributed by atoms with Gasteiger partial charge in [0.15, 0.2) is 0 Å². The molecule has 0 bridgehead atoms. The van der Waals surface area contributed by atoms with Crippen LogP contribution in [-0.2, 0) is 10.5 Å². The van der Waals surface area contributed by atoms with Crippen molar-refractivity contribution in [1.82, 2.24) is 5.32 Å². The number of nitrogens with two attached hydrogens (primary N) is 1. The molecule has 0 unspecified atom stereocenters. The first-order chi connectivity index (χ1) is 9.65. The van der Waals surface area contributed by atoms with Gasteiger partial charge in [0.1, 0.15) is 0 Å². The quantitative estimate of drug-likeness (QED) is 0.794. The van der Waals surface area contributed by atoms with E-state index in [9.17, 15) is 4.79 Å². The van der Waals surface area contributed by atoms with Crippen LogP contribution in [0.4, 0.5) is 0 Å². The summed E-state index contributed by atoms with van der Waals surface area (Å²) in [6.07, 6.45) is 2.74. The molecule has 2 rings (SSSR count). The van der Waals surface area contributed by atoms with Crippen LogP contribution in [0.2, 0.25) is 5.02 Å². The number of hydrogen-bond donors (Lipinski definition) is 2. The molecule has 0 saturated heterocycles. The van der Waals surface area contributed by atoms with E-state index in [4.69, 9.17) is 17.3 Å². The van der Waals surface area contributed by atoms with Crippen molar-refractivity contribution >= 4 is 29.3 Å². The first-order valence-corrected chi connectivity index (χ1v) is 8.54. The molecule has 0 radical (unpaired) electrons. The third kappa shape index (κ3) is 5.00. The van der Waals surface area contributed by atoms with E-state index in [1.165, 1.54) is 5.56 Å². The average molecular weight is 313 g/mol. The number of halogens is 1. The molecule has 1 aliphatic rings. The molecule has 1 amide bonds. The highest BCUT2D eigenvalue weighted by Gasteiger charge is 2.27. The van der Waals surface area contributed by atoms with Crippen LogP contribution in [0.3, 0.4) is 0 Å². The number of hydrogen-bond acceptors (Lipinski definition) is 3. The summed E-state index contributed by atoms with van der Waals surface area (Å²) in [6.45, 7) is 0.718. The van der Waals surface area contributed by atoms with Crippen molar-refractivity contribution in [2.75, 3.05) is 12.3 Å². The van der Waals surface area contributed by atoms with Crippen molar-refractivity contribution in [2.45, 2.75) is 31.1 Å². The molecule has 5 heteroatoms. The minimum absolute atomic E-state index is 0.128. The van der Waals surface area contributed by atoms with E-state index in [1.807, 2.05) is 18.2 Å². The van der Waals surface area contributed by atoms with E-state index >= 15 is 0 Å². The second-order valence-electron chi connectivity index (χ2n) is 5.24. The van der Waals surface area contributed by atoms with E-state index < -0.39 is 0 Å². The molecule has 2 atom stereocenters. The molecule has 1 fully saturated rings. The Hall–Kier alpha value is -0.710. The number of rotatable bonds is 6. The fourth-order valence-electron chi connectivity index (χ4n) is 2.46. The largest absolute Gasteiger partial charge is 0.355 e. The minimum atomic E-state index is 0.128. The Balaban J connectivity index is 1.58. The number of thioether (sulfide) groups is 1. The molecular weight excluding hydrogens is 292 g/mol. The molecule has 3 nitrogen and oxygen atoms in total. The second-order valence-corrected chi connectivity index (χ2v) is 6.79. The number of benzene rings is 1. The lowest BCUT2D eigenvalue weighted by atomic mass is 10.1. The van der Waals surface area contributed by atoms with E-state index in [0.29, 0.717) is 0 Å². The summed E-state index contributed by atoms with van der Waals surface area (Å²) in [5.41, 5.74) is 7.04. The fourth-order valence-corrected chi connectivity index (χ4v) is 3.48. The molecule has 1 aromatic carbocycles. The van der Waals surface area contributed by atoms with Crippen molar-refractivity contribution in [1.29, 1.82) is 0 Å². The van der Waals surface area contributed by atoms with Crippen LogP contribution in [-0.4, -0.2) is 24.2 Å². The highest BCUT2D eigenvalue weighted by atomic mass is 35.5. The average Bonchev–Trinajstić information content (AvgIpc) is 2.85. The standard InChI is InChI=1S/C15H21ClN2OS/c16-13-3-1-2-11(8-13)10-20-7-6-18-15(19)12-4-5-14(17)9-12/h1-3,8,12,14H,4-7,9-10,17H2,(H,18,19)/t12-,14+/m1/s1. The summed E-state index contributed by atoms with van der Waals surface area (Å²) in [7, 11) is 0. The summed E-state index contributed by atoms with van der Waals surface area (Å²) in [6, 6.07) is 8.10. The fraction of sp³-hybridized carbons (Fsp3) is 0.533. The molecule has 0 aliphatic heterocycles. The van der Waals surface area contributed by atoms with Gasteiger partial charge in [-0.2, -0.15) is 11.8 Å². The summed E-state index contributed by atoms with van der Waals surface area (Å²) in [5, 5.41) is 3.77. The molecule has 0 heterocycles. The molecule has 0 spiro atoms. The van der Waals surface area contributed by atoms with Crippen molar-refractivity contribution in [3.8, 4) is 0 Å². The Morgan fingerprint density at radius 3 is 3.00 bits per heavy atom. The third-order valence-electron chi connectivity index (χ3n) is 3.55. The number of carbonyl (C=O) groups is 1. The number of carbonyl (C=O) groups excluding carboxylic acids is 1. The van der Waals surface area contributed by atoms with Gasteiger partial charge in [-0.3, -0.25) is 4.79 Å². The van der Waals surface area contributed by atoms with E-state index in [1.54, 1.807) is 11.8 Å².